The van der Waals surface area contributed by atoms with Gasteiger partial charge in [0.2, 0.25) is 0 Å². The minimum absolute atomic E-state index is 0. The van der Waals surface area contributed by atoms with Gasteiger partial charge in [-0.1, -0.05) is 163 Å². The van der Waals surface area contributed by atoms with E-state index in [1.165, 1.54) is 122 Å². The maximum Gasteiger partial charge on any atom is 0.309 e. The van der Waals surface area contributed by atoms with E-state index in [2.05, 4.69) is 20.8 Å². The maximum atomic E-state index is 11.2. The van der Waals surface area contributed by atoms with Crippen LogP contribution in [0.25, 0.3) is 0 Å². The van der Waals surface area contributed by atoms with Crippen LogP contribution in [0, 0.1) is 46.3 Å². The molecule has 0 aromatic carbocycles. The Hall–Kier alpha value is 0.741. The summed E-state index contributed by atoms with van der Waals surface area (Å²) in [5.74, 6) is -0.606. The van der Waals surface area contributed by atoms with Crippen LogP contribution in [0.3, 0.4) is 0 Å². The molecule has 4 nitrogen and oxygen atoms in total. The van der Waals surface area contributed by atoms with Gasteiger partial charge in [-0.2, -0.15) is 0 Å². The number of hydrogen-bond acceptors (Lipinski definition) is 3. The first-order valence-corrected chi connectivity index (χ1v) is 16.9. The summed E-state index contributed by atoms with van der Waals surface area (Å²) in [6.07, 6.45) is 30.5. The molecule has 0 aromatic heterocycles. The summed E-state index contributed by atoms with van der Waals surface area (Å²) < 4.78 is 0. The summed E-state index contributed by atoms with van der Waals surface area (Å²) in [5, 5.41) is 26.3. The van der Waals surface area contributed by atoms with Crippen LogP contribution in [0.2, 0.25) is 0 Å². The molecule has 0 aliphatic carbocycles. The van der Waals surface area contributed by atoms with E-state index in [-0.39, 0.29) is 40.8 Å². The van der Waals surface area contributed by atoms with Crippen LogP contribution in [0.5, 0.6) is 0 Å². The maximum absolute atomic E-state index is 11.2. The standard InChI is InChI=1S/C14H28O2.2C10H22O.Nd/c1-4-7-8-9-10-11-12-14(5-2,6-3)13(15)16;2*1-2-3-4-5-6-7-8-9-10-11;/h4-12H2,1-3H3,(H,15,16);2*11H,2-10H2,1H3;. The first-order valence-electron chi connectivity index (χ1n) is 16.9. The third-order valence-electron chi connectivity index (χ3n) is 7.84. The summed E-state index contributed by atoms with van der Waals surface area (Å²) in [6, 6.07) is 0. The minimum atomic E-state index is -0.606. The molecule has 0 heterocycles. The SMILES string of the molecule is CCCCCCCCC(CC)(CC)C(=O)O.CCCCCCCCCCO.CCCCCCCCCCO.[Nd]. The number of carboxylic acid groups (broad SMARTS) is 1. The van der Waals surface area contributed by atoms with Crippen molar-refractivity contribution in [3.63, 3.8) is 0 Å². The van der Waals surface area contributed by atoms with Gasteiger partial charge < -0.3 is 15.3 Å². The van der Waals surface area contributed by atoms with Crippen molar-refractivity contribution < 1.29 is 61.0 Å². The molecule has 0 aliphatic heterocycles. The van der Waals surface area contributed by atoms with Gasteiger partial charge in [0, 0.05) is 54.1 Å². The number of unbranched alkanes of at least 4 members (excludes halogenated alkanes) is 19. The molecule has 0 unspecified atom stereocenters. The van der Waals surface area contributed by atoms with Crippen molar-refractivity contribution in [1.29, 1.82) is 0 Å². The molecule has 0 atom stereocenters. The van der Waals surface area contributed by atoms with E-state index in [9.17, 15) is 9.90 Å². The van der Waals surface area contributed by atoms with Gasteiger partial charge in [0.1, 0.15) is 0 Å². The Balaban J connectivity index is -0.000000239. The fourth-order valence-electron chi connectivity index (χ4n) is 4.75. The van der Waals surface area contributed by atoms with Gasteiger partial charge in [-0.05, 0) is 32.1 Å². The summed E-state index contributed by atoms with van der Waals surface area (Å²) in [5.41, 5.74) is -0.454. The Kier molecular flexibility index (Phi) is 48.9. The summed E-state index contributed by atoms with van der Waals surface area (Å²) in [4.78, 5) is 11.2. The quantitative estimate of drug-likeness (QED) is 0.0791. The second-order valence-electron chi connectivity index (χ2n) is 11.2. The van der Waals surface area contributed by atoms with E-state index < -0.39 is 11.4 Å². The Bertz CT molecular complexity index is 393. The third kappa shape index (κ3) is 36.7. The number of aliphatic hydroxyl groups excluding tert-OH is 2. The van der Waals surface area contributed by atoms with Gasteiger partial charge in [0.05, 0.1) is 5.41 Å². The summed E-state index contributed by atoms with van der Waals surface area (Å²) >= 11 is 0. The van der Waals surface area contributed by atoms with Crippen molar-refractivity contribution in [2.24, 2.45) is 5.41 Å². The van der Waals surface area contributed by atoms with Crippen LogP contribution in [-0.2, 0) is 4.79 Å². The Morgan fingerprint density at radius 3 is 0.949 bits per heavy atom. The second-order valence-corrected chi connectivity index (χ2v) is 11.2. The fraction of sp³-hybridized carbons (Fsp3) is 0.971. The number of rotatable bonds is 26. The van der Waals surface area contributed by atoms with Crippen LogP contribution in [0.4, 0.5) is 0 Å². The zero-order valence-corrected chi connectivity index (χ0v) is 30.5. The zero-order valence-electron chi connectivity index (χ0n) is 27.3. The predicted molar refractivity (Wildman–Crippen MR) is 168 cm³/mol. The molecule has 0 bridgehead atoms. The van der Waals surface area contributed by atoms with Crippen molar-refractivity contribution in [3.05, 3.63) is 0 Å². The predicted octanol–water partition coefficient (Wildman–Crippen LogP) is 10.9. The number of hydrogen-bond donors (Lipinski definition) is 3. The average molecular weight is 689 g/mol. The van der Waals surface area contributed by atoms with Gasteiger partial charge in [-0.25, -0.2) is 0 Å². The Labute approximate surface area is 278 Å². The zero-order chi connectivity index (χ0) is 29.2. The fourth-order valence-corrected chi connectivity index (χ4v) is 4.75. The molecule has 0 amide bonds. The van der Waals surface area contributed by atoms with E-state index in [0.29, 0.717) is 13.2 Å². The molecule has 236 valence electrons. The molecular formula is C34H72NdO4. The van der Waals surface area contributed by atoms with E-state index in [0.717, 1.165) is 38.5 Å². The molecule has 0 aromatic rings. The summed E-state index contributed by atoms with van der Waals surface area (Å²) in [7, 11) is 0. The molecule has 0 saturated carbocycles. The number of carbonyl (C=O) groups is 1. The largest absolute Gasteiger partial charge is 0.481 e. The van der Waals surface area contributed by atoms with Gasteiger partial charge in [-0.3, -0.25) is 4.79 Å². The normalized spacial score (nSPS) is 10.6. The van der Waals surface area contributed by atoms with E-state index in [4.69, 9.17) is 10.2 Å². The Morgan fingerprint density at radius 1 is 0.462 bits per heavy atom. The molecule has 0 saturated heterocycles. The van der Waals surface area contributed by atoms with Crippen molar-refractivity contribution in [3.8, 4) is 0 Å². The van der Waals surface area contributed by atoms with Crippen LogP contribution in [0.15, 0.2) is 0 Å². The molecule has 0 fully saturated rings. The van der Waals surface area contributed by atoms with Crippen LogP contribution >= 0.6 is 0 Å². The molecule has 3 N–H and O–H groups in total. The van der Waals surface area contributed by atoms with E-state index in [1.54, 1.807) is 0 Å². The van der Waals surface area contributed by atoms with E-state index >= 15 is 0 Å². The minimum Gasteiger partial charge on any atom is -0.481 e. The van der Waals surface area contributed by atoms with Crippen LogP contribution in [0.1, 0.15) is 195 Å². The van der Waals surface area contributed by atoms with E-state index in [1.807, 2.05) is 13.8 Å². The molecule has 0 rings (SSSR count). The first kappa shape index (κ1) is 46.7. The molecular weight excluding hydrogens is 617 g/mol. The Morgan fingerprint density at radius 2 is 0.718 bits per heavy atom. The molecule has 0 radical (unpaired) electrons. The summed E-state index contributed by atoms with van der Waals surface area (Å²) in [6.45, 7) is 11.4. The van der Waals surface area contributed by atoms with Crippen molar-refractivity contribution in [1.82, 2.24) is 0 Å². The third-order valence-corrected chi connectivity index (χ3v) is 7.84. The van der Waals surface area contributed by atoms with Gasteiger partial charge in [0.15, 0.2) is 0 Å². The van der Waals surface area contributed by atoms with Crippen LogP contribution in [-0.4, -0.2) is 34.5 Å². The van der Waals surface area contributed by atoms with Gasteiger partial charge in [-0.15, -0.1) is 0 Å². The topological polar surface area (TPSA) is 77.8 Å². The number of carboxylic acids is 1. The second kappa shape index (κ2) is 40.9. The molecule has 0 spiro atoms. The smallest absolute Gasteiger partial charge is 0.309 e. The number of aliphatic hydroxyl groups is 2. The average Bonchev–Trinajstić information content (AvgIpc) is 2.93. The van der Waals surface area contributed by atoms with Gasteiger partial charge >= 0.3 is 5.97 Å². The first-order chi connectivity index (χ1) is 18.5. The molecule has 39 heavy (non-hydrogen) atoms. The van der Waals surface area contributed by atoms with Crippen molar-refractivity contribution in [2.75, 3.05) is 13.2 Å². The van der Waals surface area contributed by atoms with Gasteiger partial charge in [0.25, 0.3) is 0 Å². The van der Waals surface area contributed by atoms with Crippen molar-refractivity contribution >= 4 is 5.97 Å². The number of aliphatic carboxylic acids is 1. The monoisotopic (exact) mass is 686 g/mol. The van der Waals surface area contributed by atoms with Crippen molar-refractivity contribution in [2.45, 2.75) is 195 Å². The van der Waals surface area contributed by atoms with Crippen LogP contribution < -0.4 is 0 Å². The molecule has 5 heteroatoms. The molecule has 0 aliphatic rings.